The van der Waals surface area contributed by atoms with Crippen LogP contribution in [0.5, 0.6) is 0 Å². The van der Waals surface area contributed by atoms with Gasteiger partial charge in [0.2, 0.25) is 0 Å². The van der Waals surface area contributed by atoms with E-state index in [-0.39, 0.29) is 11.9 Å². The quantitative estimate of drug-likeness (QED) is 0.731. The maximum absolute atomic E-state index is 13.4. The first kappa shape index (κ1) is 13.9. The van der Waals surface area contributed by atoms with Crippen LogP contribution >= 0.6 is 27.5 Å². The highest BCUT2D eigenvalue weighted by Gasteiger charge is 2.32. The van der Waals surface area contributed by atoms with Crippen molar-refractivity contribution in [2.75, 3.05) is 5.32 Å². The molecule has 2 aromatic rings. The van der Waals surface area contributed by atoms with Crippen LogP contribution in [0.3, 0.4) is 0 Å². The van der Waals surface area contributed by atoms with Crippen molar-refractivity contribution in [3.8, 4) is 0 Å². The number of benzene rings is 2. The van der Waals surface area contributed by atoms with Crippen molar-refractivity contribution >= 4 is 33.2 Å². The summed E-state index contributed by atoms with van der Waals surface area (Å²) in [4.78, 5) is 0. The third-order valence-electron chi connectivity index (χ3n) is 3.56. The fourth-order valence-corrected chi connectivity index (χ4v) is 2.84. The van der Waals surface area contributed by atoms with Crippen molar-refractivity contribution < 1.29 is 4.39 Å². The molecular weight excluding hydrogens is 341 g/mol. The first-order chi connectivity index (χ1) is 9.63. The van der Waals surface area contributed by atoms with Gasteiger partial charge in [0, 0.05) is 9.50 Å². The average molecular weight is 355 g/mol. The molecule has 1 aliphatic carbocycles. The highest BCUT2D eigenvalue weighted by Crippen LogP contribution is 2.43. The molecule has 1 nitrogen and oxygen atoms in total. The van der Waals surface area contributed by atoms with Gasteiger partial charge in [-0.15, -0.1) is 0 Å². The van der Waals surface area contributed by atoms with E-state index in [0.717, 1.165) is 15.2 Å². The first-order valence-electron chi connectivity index (χ1n) is 6.60. The molecule has 1 unspecified atom stereocenters. The van der Waals surface area contributed by atoms with Crippen molar-refractivity contribution in [2.24, 2.45) is 5.92 Å². The lowest BCUT2D eigenvalue weighted by Gasteiger charge is -2.21. The summed E-state index contributed by atoms with van der Waals surface area (Å²) in [6.07, 6.45) is 2.40. The van der Waals surface area contributed by atoms with Gasteiger partial charge in [-0.3, -0.25) is 0 Å². The fraction of sp³-hybridized carbons (Fsp3) is 0.250. The zero-order valence-electron chi connectivity index (χ0n) is 10.7. The second kappa shape index (κ2) is 5.74. The molecule has 2 aromatic carbocycles. The van der Waals surface area contributed by atoms with Crippen LogP contribution in [0.1, 0.15) is 24.4 Å². The standard InChI is InChI=1S/C16H14BrClFN/c17-14-8-7-13(19)9-15(14)20-16(10-1-2-10)11-3-5-12(18)6-4-11/h3-10,16,20H,1-2H2. The van der Waals surface area contributed by atoms with Crippen LogP contribution in [0.15, 0.2) is 46.9 Å². The molecule has 20 heavy (non-hydrogen) atoms. The van der Waals surface area contributed by atoms with E-state index in [9.17, 15) is 4.39 Å². The summed E-state index contributed by atoms with van der Waals surface area (Å²) in [5.41, 5.74) is 1.98. The number of rotatable bonds is 4. The Morgan fingerprint density at radius 1 is 1.15 bits per heavy atom. The highest BCUT2D eigenvalue weighted by atomic mass is 79.9. The van der Waals surface area contributed by atoms with Crippen molar-refractivity contribution in [1.82, 2.24) is 0 Å². The number of hydrogen-bond acceptors (Lipinski definition) is 1. The zero-order chi connectivity index (χ0) is 14.1. The largest absolute Gasteiger partial charge is 0.377 e. The molecule has 1 aliphatic rings. The summed E-state index contributed by atoms with van der Waals surface area (Å²) in [5.74, 6) is 0.368. The Balaban J connectivity index is 1.88. The van der Waals surface area contributed by atoms with Gasteiger partial charge in [-0.25, -0.2) is 4.39 Å². The smallest absolute Gasteiger partial charge is 0.125 e. The number of halogens is 3. The van der Waals surface area contributed by atoms with E-state index >= 15 is 0 Å². The van der Waals surface area contributed by atoms with Crippen LogP contribution in [0, 0.1) is 11.7 Å². The molecule has 1 saturated carbocycles. The van der Waals surface area contributed by atoms with E-state index < -0.39 is 0 Å². The van der Waals surface area contributed by atoms with Gasteiger partial charge in [0.15, 0.2) is 0 Å². The molecule has 0 aromatic heterocycles. The molecule has 1 fully saturated rings. The molecule has 1 N–H and O–H groups in total. The van der Waals surface area contributed by atoms with E-state index in [0.29, 0.717) is 5.92 Å². The van der Waals surface area contributed by atoms with E-state index in [2.05, 4.69) is 21.2 Å². The Hall–Kier alpha value is -1.06. The summed E-state index contributed by atoms with van der Waals surface area (Å²) >= 11 is 9.40. The molecule has 0 heterocycles. The molecule has 0 radical (unpaired) electrons. The van der Waals surface area contributed by atoms with Crippen LogP contribution < -0.4 is 5.32 Å². The van der Waals surface area contributed by atoms with Gasteiger partial charge >= 0.3 is 0 Å². The van der Waals surface area contributed by atoms with Crippen LogP contribution in [-0.4, -0.2) is 0 Å². The van der Waals surface area contributed by atoms with E-state index in [4.69, 9.17) is 11.6 Å². The third kappa shape index (κ3) is 3.15. The van der Waals surface area contributed by atoms with Crippen molar-refractivity contribution in [3.05, 3.63) is 63.3 Å². The lowest BCUT2D eigenvalue weighted by Crippen LogP contribution is -2.13. The third-order valence-corrected chi connectivity index (χ3v) is 4.51. The Morgan fingerprint density at radius 3 is 2.50 bits per heavy atom. The zero-order valence-corrected chi connectivity index (χ0v) is 13.1. The minimum Gasteiger partial charge on any atom is -0.377 e. The fourth-order valence-electron chi connectivity index (χ4n) is 2.35. The first-order valence-corrected chi connectivity index (χ1v) is 7.77. The minimum atomic E-state index is -0.235. The van der Waals surface area contributed by atoms with Crippen LogP contribution in [0.4, 0.5) is 10.1 Å². The van der Waals surface area contributed by atoms with Gasteiger partial charge in [0.25, 0.3) is 0 Å². The summed E-state index contributed by atoms with van der Waals surface area (Å²) in [6.45, 7) is 0. The van der Waals surface area contributed by atoms with Crippen molar-refractivity contribution in [2.45, 2.75) is 18.9 Å². The molecule has 104 valence electrons. The number of hydrogen-bond donors (Lipinski definition) is 1. The van der Waals surface area contributed by atoms with Gasteiger partial charge in [-0.05, 0) is 70.6 Å². The lowest BCUT2D eigenvalue weighted by atomic mass is 10.0. The molecule has 0 aliphatic heterocycles. The van der Waals surface area contributed by atoms with Crippen LogP contribution in [0.2, 0.25) is 5.02 Å². The molecule has 0 bridgehead atoms. The molecule has 1 atom stereocenters. The second-order valence-electron chi connectivity index (χ2n) is 5.14. The summed E-state index contributed by atoms with van der Waals surface area (Å²) in [5, 5.41) is 4.19. The van der Waals surface area contributed by atoms with E-state index in [1.54, 1.807) is 6.07 Å². The SMILES string of the molecule is Fc1ccc(Br)c(NC(c2ccc(Cl)cc2)C2CC2)c1. The molecule has 3 rings (SSSR count). The lowest BCUT2D eigenvalue weighted by molar-refractivity contribution is 0.625. The van der Waals surface area contributed by atoms with Crippen LogP contribution in [-0.2, 0) is 0 Å². The summed E-state index contributed by atoms with van der Waals surface area (Å²) in [6, 6.07) is 12.8. The molecule has 0 saturated heterocycles. The van der Waals surface area contributed by atoms with Crippen molar-refractivity contribution in [3.63, 3.8) is 0 Å². The Morgan fingerprint density at radius 2 is 1.85 bits per heavy atom. The number of anilines is 1. The topological polar surface area (TPSA) is 12.0 Å². The highest BCUT2D eigenvalue weighted by molar-refractivity contribution is 9.10. The Bertz CT molecular complexity index is 610. The van der Waals surface area contributed by atoms with E-state index in [1.165, 1.54) is 30.5 Å². The van der Waals surface area contributed by atoms with Gasteiger partial charge in [0.05, 0.1) is 11.7 Å². The van der Waals surface area contributed by atoms with Crippen molar-refractivity contribution in [1.29, 1.82) is 0 Å². The Labute approximate surface area is 131 Å². The average Bonchev–Trinajstić information content (AvgIpc) is 3.25. The Kier molecular flexibility index (Phi) is 3.99. The van der Waals surface area contributed by atoms with E-state index in [1.807, 2.05) is 24.3 Å². The normalized spacial score (nSPS) is 15.9. The van der Waals surface area contributed by atoms with Crippen LogP contribution in [0.25, 0.3) is 0 Å². The van der Waals surface area contributed by atoms with Gasteiger partial charge in [-0.2, -0.15) is 0 Å². The summed E-state index contributed by atoms with van der Waals surface area (Å²) < 4.78 is 14.3. The summed E-state index contributed by atoms with van der Waals surface area (Å²) in [7, 11) is 0. The maximum atomic E-state index is 13.4. The predicted molar refractivity (Wildman–Crippen MR) is 84.6 cm³/mol. The second-order valence-corrected chi connectivity index (χ2v) is 6.43. The molecule has 4 heteroatoms. The maximum Gasteiger partial charge on any atom is 0.125 e. The predicted octanol–water partition coefficient (Wildman–Crippen LogP) is 5.80. The number of nitrogens with one attached hydrogen (secondary N) is 1. The van der Waals surface area contributed by atoms with Gasteiger partial charge in [-0.1, -0.05) is 23.7 Å². The van der Waals surface area contributed by atoms with Gasteiger partial charge in [0.1, 0.15) is 5.82 Å². The minimum absolute atomic E-state index is 0.199. The molecular formula is C16H14BrClFN. The molecule has 0 amide bonds. The monoisotopic (exact) mass is 353 g/mol. The van der Waals surface area contributed by atoms with Gasteiger partial charge < -0.3 is 5.32 Å². The molecule has 0 spiro atoms.